The minimum atomic E-state index is -2.75. The molecular formula is C24H35BF2N2O5. The van der Waals surface area contributed by atoms with Crippen molar-refractivity contribution in [3.05, 3.63) is 29.8 Å². The highest BCUT2D eigenvalue weighted by molar-refractivity contribution is 6.62. The van der Waals surface area contributed by atoms with E-state index in [2.05, 4.69) is 10.6 Å². The van der Waals surface area contributed by atoms with Crippen molar-refractivity contribution in [1.82, 2.24) is 10.6 Å². The van der Waals surface area contributed by atoms with Gasteiger partial charge in [0.25, 0.3) is 5.92 Å². The van der Waals surface area contributed by atoms with E-state index in [1.165, 1.54) is 0 Å². The molecule has 2 N–H and O–H groups in total. The Kier molecular flexibility index (Phi) is 7.08. The molecule has 0 unspecified atom stereocenters. The number of alkyl halides is 2. The maximum atomic E-state index is 13.2. The zero-order valence-electron chi connectivity index (χ0n) is 21.0. The summed E-state index contributed by atoms with van der Waals surface area (Å²) in [5.74, 6) is -3.28. The lowest BCUT2D eigenvalue weighted by Crippen LogP contribution is -2.56. The lowest BCUT2D eigenvalue weighted by molar-refractivity contribution is -0.131. The highest BCUT2D eigenvalue weighted by Gasteiger charge is 2.51. The second kappa shape index (κ2) is 9.11. The highest BCUT2D eigenvalue weighted by atomic mass is 19.3. The van der Waals surface area contributed by atoms with Crippen LogP contribution in [0.25, 0.3) is 0 Å². The number of amides is 2. The maximum absolute atomic E-state index is 13.2. The predicted octanol–water partition coefficient (Wildman–Crippen LogP) is 3.34. The third kappa shape index (κ3) is 6.47. The standard InChI is InChI=1S/C24H35BF2N2O5/c1-21(2,3)32-20(31)29-18(19(30)28-17-13-24(26,27)14-17)12-15-8-10-16(11-9-15)25-33-22(4,5)23(6,7)34-25/h8-11,17-18H,12-14H2,1-7H3,(H,28,30)(H,29,31)/t18-/m0/s1. The number of carbonyl (C=O) groups is 2. The number of alkyl carbamates (subject to hydrolysis) is 1. The minimum Gasteiger partial charge on any atom is -0.444 e. The molecule has 0 radical (unpaired) electrons. The molecule has 34 heavy (non-hydrogen) atoms. The summed E-state index contributed by atoms with van der Waals surface area (Å²) in [5.41, 5.74) is -0.0636. The van der Waals surface area contributed by atoms with Gasteiger partial charge in [0.2, 0.25) is 5.91 Å². The fourth-order valence-corrected chi connectivity index (χ4v) is 3.75. The molecule has 1 aliphatic carbocycles. The maximum Gasteiger partial charge on any atom is 0.494 e. The van der Waals surface area contributed by atoms with Crippen molar-refractivity contribution in [3.8, 4) is 0 Å². The summed E-state index contributed by atoms with van der Waals surface area (Å²) in [6.45, 7) is 13.1. The first-order chi connectivity index (χ1) is 15.5. The number of carbonyl (C=O) groups excluding carboxylic acids is 2. The predicted molar refractivity (Wildman–Crippen MR) is 125 cm³/mol. The Bertz CT molecular complexity index is 891. The molecule has 1 aromatic carbocycles. The molecule has 2 fully saturated rings. The molecule has 188 valence electrons. The molecule has 3 rings (SSSR count). The van der Waals surface area contributed by atoms with Gasteiger partial charge in [-0.05, 0) is 59.5 Å². The summed E-state index contributed by atoms with van der Waals surface area (Å²) in [6.07, 6.45) is -1.39. The quantitative estimate of drug-likeness (QED) is 0.611. The number of hydrogen-bond acceptors (Lipinski definition) is 5. The largest absolute Gasteiger partial charge is 0.494 e. The first-order valence-electron chi connectivity index (χ1n) is 11.6. The first kappa shape index (κ1) is 26.4. The van der Waals surface area contributed by atoms with Gasteiger partial charge in [-0.25, -0.2) is 13.6 Å². The van der Waals surface area contributed by atoms with Crippen LogP contribution in [0.2, 0.25) is 0 Å². The van der Waals surface area contributed by atoms with Crippen LogP contribution in [0.5, 0.6) is 0 Å². The van der Waals surface area contributed by atoms with Crippen molar-refractivity contribution in [2.75, 3.05) is 0 Å². The van der Waals surface area contributed by atoms with E-state index in [1.54, 1.807) is 20.8 Å². The Balaban J connectivity index is 1.68. The van der Waals surface area contributed by atoms with Crippen LogP contribution in [-0.4, -0.2) is 53.9 Å². The van der Waals surface area contributed by atoms with Crippen molar-refractivity contribution < 1.29 is 32.4 Å². The topological polar surface area (TPSA) is 85.9 Å². The summed E-state index contributed by atoms with van der Waals surface area (Å²) >= 11 is 0. The van der Waals surface area contributed by atoms with Crippen molar-refractivity contribution in [2.45, 2.75) is 103 Å². The molecule has 0 spiro atoms. The molecule has 0 aromatic heterocycles. The lowest BCUT2D eigenvalue weighted by Gasteiger charge is -2.36. The second-order valence-electron chi connectivity index (χ2n) is 11.2. The third-order valence-electron chi connectivity index (χ3n) is 6.39. The smallest absolute Gasteiger partial charge is 0.444 e. The van der Waals surface area contributed by atoms with Gasteiger partial charge < -0.3 is 24.7 Å². The number of nitrogens with one attached hydrogen (secondary N) is 2. The average molecular weight is 480 g/mol. The molecule has 1 atom stereocenters. The fourth-order valence-electron chi connectivity index (χ4n) is 3.75. The fraction of sp³-hybridized carbons (Fsp3) is 0.667. The molecular weight excluding hydrogens is 445 g/mol. The Hall–Kier alpha value is -2.20. The van der Waals surface area contributed by atoms with E-state index < -0.39 is 66.8 Å². The lowest BCUT2D eigenvalue weighted by atomic mass is 9.78. The van der Waals surface area contributed by atoms with Crippen LogP contribution in [-0.2, 0) is 25.3 Å². The summed E-state index contributed by atoms with van der Waals surface area (Å²) in [4.78, 5) is 25.1. The minimum absolute atomic E-state index is 0.165. The SMILES string of the molecule is CC(C)(C)OC(=O)N[C@@H](Cc1ccc(B2OC(C)(C)C(C)(C)O2)cc1)C(=O)NC1CC(F)(F)C1. The average Bonchev–Trinajstić information content (AvgIpc) is 2.86. The second-order valence-corrected chi connectivity index (χ2v) is 11.2. The molecule has 0 bridgehead atoms. The van der Waals surface area contributed by atoms with Crippen LogP contribution in [0, 0.1) is 0 Å². The van der Waals surface area contributed by atoms with Gasteiger partial charge in [0, 0.05) is 25.3 Å². The summed E-state index contributed by atoms with van der Waals surface area (Å²) < 4.78 is 43.8. The van der Waals surface area contributed by atoms with Crippen LogP contribution in [0.4, 0.5) is 13.6 Å². The zero-order valence-corrected chi connectivity index (χ0v) is 21.0. The Labute approximate surface area is 200 Å². The van der Waals surface area contributed by atoms with Gasteiger partial charge in [-0.15, -0.1) is 0 Å². The van der Waals surface area contributed by atoms with E-state index in [4.69, 9.17) is 14.0 Å². The molecule has 10 heteroatoms. The van der Waals surface area contributed by atoms with Gasteiger partial charge in [0.15, 0.2) is 0 Å². The molecule has 2 amide bonds. The van der Waals surface area contributed by atoms with E-state index in [0.717, 1.165) is 11.0 Å². The number of rotatable bonds is 6. The normalized spacial score (nSPS) is 22.0. The van der Waals surface area contributed by atoms with Gasteiger partial charge in [-0.2, -0.15) is 0 Å². The monoisotopic (exact) mass is 480 g/mol. The van der Waals surface area contributed by atoms with Crippen LogP contribution < -0.4 is 16.1 Å². The van der Waals surface area contributed by atoms with Crippen LogP contribution in [0.15, 0.2) is 24.3 Å². The Morgan fingerprint density at radius 3 is 2.09 bits per heavy atom. The Morgan fingerprint density at radius 2 is 1.62 bits per heavy atom. The first-order valence-corrected chi connectivity index (χ1v) is 11.6. The molecule has 1 saturated heterocycles. The van der Waals surface area contributed by atoms with E-state index in [-0.39, 0.29) is 6.42 Å². The van der Waals surface area contributed by atoms with Crippen LogP contribution in [0.3, 0.4) is 0 Å². The van der Waals surface area contributed by atoms with Gasteiger partial charge in [0.1, 0.15) is 11.6 Å². The number of benzene rings is 1. The molecule has 7 nitrogen and oxygen atoms in total. The number of hydrogen-bond donors (Lipinski definition) is 2. The highest BCUT2D eigenvalue weighted by Crippen LogP contribution is 2.37. The van der Waals surface area contributed by atoms with Gasteiger partial charge in [0.05, 0.1) is 11.2 Å². The van der Waals surface area contributed by atoms with Gasteiger partial charge in [-0.1, -0.05) is 24.3 Å². The van der Waals surface area contributed by atoms with E-state index >= 15 is 0 Å². The van der Waals surface area contributed by atoms with Crippen molar-refractivity contribution in [1.29, 1.82) is 0 Å². The van der Waals surface area contributed by atoms with Crippen molar-refractivity contribution in [2.24, 2.45) is 0 Å². The van der Waals surface area contributed by atoms with E-state index in [1.807, 2.05) is 52.0 Å². The summed E-state index contributed by atoms with van der Waals surface area (Å²) in [7, 11) is -0.515. The Morgan fingerprint density at radius 1 is 1.09 bits per heavy atom. The van der Waals surface area contributed by atoms with Gasteiger partial charge in [-0.3, -0.25) is 4.79 Å². The molecule has 1 saturated carbocycles. The molecule has 1 aliphatic heterocycles. The van der Waals surface area contributed by atoms with Crippen molar-refractivity contribution >= 4 is 24.6 Å². The third-order valence-corrected chi connectivity index (χ3v) is 6.39. The number of halogens is 2. The zero-order chi connectivity index (χ0) is 25.5. The van der Waals surface area contributed by atoms with Gasteiger partial charge >= 0.3 is 13.2 Å². The molecule has 1 heterocycles. The van der Waals surface area contributed by atoms with Crippen molar-refractivity contribution in [3.63, 3.8) is 0 Å². The summed E-state index contributed by atoms with van der Waals surface area (Å²) in [6, 6.07) is 5.77. The van der Waals surface area contributed by atoms with E-state index in [9.17, 15) is 18.4 Å². The molecule has 2 aliphatic rings. The van der Waals surface area contributed by atoms with Crippen LogP contribution in [0.1, 0.15) is 66.9 Å². The summed E-state index contributed by atoms with van der Waals surface area (Å²) in [5, 5.41) is 5.18. The van der Waals surface area contributed by atoms with E-state index in [0.29, 0.717) is 0 Å². The van der Waals surface area contributed by atoms with Crippen LogP contribution >= 0.6 is 0 Å². The molecule has 1 aromatic rings. The number of ether oxygens (including phenoxy) is 1.